The van der Waals surface area contributed by atoms with Gasteiger partial charge in [0, 0.05) is 22.4 Å². The molecule has 0 spiro atoms. The van der Waals surface area contributed by atoms with Crippen LogP contribution < -0.4 is 5.32 Å². The minimum atomic E-state index is -0.0107. The smallest absolute Gasteiger partial charge is 0.0991 e. The lowest BCUT2D eigenvalue weighted by atomic mass is 9.82. The molecule has 0 aromatic heterocycles. The average molecular weight is 386 g/mol. The van der Waals surface area contributed by atoms with E-state index in [4.69, 9.17) is 0 Å². The van der Waals surface area contributed by atoms with Crippen molar-refractivity contribution in [2.75, 3.05) is 5.32 Å². The number of nitrogens with zero attached hydrogens (tertiary/aromatic N) is 1. The zero-order valence-corrected chi connectivity index (χ0v) is 17.1. The van der Waals surface area contributed by atoms with E-state index in [0.717, 1.165) is 22.5 Å². The summed E-state index contributed by atoms with van der Waals surface area (Å²) in [6.07, 6.45) is 0. The average Bonchev–Trinajstić information content (AvgIpc) is 3.02. The molecule has 4 aromatic carbocycles. The van der Waals surface area contributed by atoms with Gasteiger partial charge >= 0.3 is 0 Å². The molecule has 1 N–H and O–H groups in total. The molecule has 0 saturated heterocycles. The second-order valence-corrected chi connectivity index (χ2v) is 8.30. The molecule has 30 heavy (non-hydrogen) atoms. The number of fused-ring (bicyclic) bond motifs is 3. The number of rotatable bonds is 3. The lowest BCUT2D eigenvalue weighted by Gasteiger charge is -2.21. The molecule has 0 unspecified atom stereocenters. The third-order valence-electron chi connectivity index (χ3n) is 6.07. The Morgan fingerprint density at radius 2 is 1.43 bits per heavy atom. The van der Waals surface area contributed by atoms with Gasteiger partial charge < -0.3 is 5.32 Å². The minimum Gasteiger partial charge on any atom is -0.355 e. The van der Waals surface area contributed by atoms with Crippen LogP contribution in [0.5, 0.6) is 0 Å². The van der Waals surface area contributed by atoms with Crippen LogP contribution in [0.1, 0.15) is 30.5 Å². The Hall–Kier alpha value is -3.83. The van der Waals surface area contributed by atoms with E-state index in [-0.39, 0.29) is 5.41 Å². The van der Waals surface area contributed by atoms with Crippen LogP contribution in [0.4, 0.5) is 11.4 Å². The highest BCUT2D eigenvalue weighted by molar-refractivity contribution is 5.91. The Labute approximate surface area is 177 Å². The summed E-state index contributed by atoms with van der Waals surface area (Å²) in [6.45, 7) is 4.59. The Kier molecular flexibility index (Phi) is 4.19. The molecule has 0 radical (unpaired) electrons. The van der Waals surface area contributed by atoms with Crippen molar-refractivity contribution in [2.24, 2.45) is 0 Å². The summed E-state index contributed by atoms with van der Waals surface area (Å²) in [6, 6.07) is 33.5. The third kappa shape index (κ3) is 2.88. The molecule has 1 aliphatic carbocycles. The fourth-order valence-electron chi connectivity index (χ4n) is 4.56. The molecule has 0 aliphatic heterocycles. The molecule has 0 bridgehead atoms. The first-order valence-electron chi connectivity index (χ1n) is 10.2. The van der Waals surface area contributed by atoms with Crippen LogP contribution in [-0.2, 0) is 5.41 Å². The minimum absolute atomic E-state index is 0.0107. The zero-order chi connectivity index (χ0) is 20.7. The Morgan fingerprint density at radius 1 is 0.733 bits per heavy atom. The summed E-state index contributed by atoms with van der Waals surface area (Å²) in [5.74, 6) is 0. The fraction of sp³-hybridized carbons (Fsp3) is 0.107. The summed E-state index contributed by atoms with van der Waals surface area (Å²) in [5, 5.41) is 12.9. The van der Waals surface area contributed by atoms with E-state index in [1.807, 2.05) is 24.3 Å². The molecule has 0 heterocycles. The van der Waals surface area contributed by atoms with Crippen molar-refractivity contribution < 1.29 is 0 Å². The number of nitrogens with one attached hydrogen (secondary N) is 1. The monoisotopic (exact) mass is 386 g/mol. The molecular weight excluding hydrogens is 364 g/mol. The molecular formula is C28H22N2. The van der Waals surface area contributed by atoms with Crippen molar-refractivity contribution >= 4 is 11.4 Å². The normalized spacial score (nSPS) is 13.2. The van der Waals surface area contributed by atoms with Gasteiger partial charge in [0.05, 0.1) is 11.6 Å². The van der Waals surface area contributed by atoms with Gasteiger partial charge in [-0.2, -0.15) is 5.26 Å². The van der Waals surface area contributed by atoms with Gasteiger partial charge in [0.2, 0.25) is 0 Å². The maximum atomic E-state index is 9.21. The molecule has 0 fully saturated rings. The standard InChI is InChI=1S/C28H22N2/c1-28(2)24-13-4-3-12-23(24)27-25(28)14-7-15-26(27)30-22-11-6-10-21(17-22)20-9-5-8-19(16-20)18-29/h3-17,30H,1-2H3. The third-order valence-corrected chi connectivity index (χ3v) is 6.07. The van der Waals surface area contributed by atoms with Gasteiger partial charge in [0.1, 0.15) is 0 Å². The maximum Gasteiger partial charge on any atom is 0.0991 e. The molecule has 2 nitrogen and oxygen atoms in total. The van der Waals surface area contributed by atoms with E-state index in [0.29, 0.717) is 5.56 Å². The highest BCUT2D eigenvalue weighted by Crippen LogP contribution is 2.51. The van der Waals surface area contributed by atoms with E-state index < -0.39 is 0 Å². The van der Waals surface area contributed by atoms with Crippen LogP contribution in [0, 0.1) is 11.3 Å². The summed E-state index contributed by atoms with van der Waals surface area (Å²) in [4.78, 5) is 0. The van der Waals surface area contributed by atoms with Gasteiger partial charge in [-0.25, -0.2) is 0 Å². The van der Waals surface area contributed by atoms with Crippen LogP contribution in [-0.4, -0.2) is 0 Å². The highest BCUT2D eigenvalue weighted by Gasteiger charge is 2.36. The van der Waals surface area contributed by atoms with E-state index in [9.17, 15) is 5.26 Å². The van der Waals surface area contributed by atoms with Crippen molar-refractivity contribution in [2.45, 2.75) is 19.3 Å². The van der Waals surface area contributed by atoms with Crippen LogP contribution in [0.3, 0.4) is 0 Å². The summed E-state index contributed by atoms with van der Waals surface area (Å²) >= 11 is 0. The molecule has 144 valence electrons. The summed E-state index contributed by atoms with van der Waals surface area (Å²) in [5.41, 5.74) is 10.3. The lowest BCUT2D eigenvalue weighted by molar-refractivity contribution is 0.660. The van der Waals surface area contributed by atoms with E-state index in [1.54, 1.807) is 0 Å². The highest BCUT2D eigenvalue weighted by atomic mass is 14.9. The SMILES string of the molecule is CC1(C)c2ccccc2-c2c(Nc3cccc(-c4cccc(C#N)c4)c3)cccc21. The summed E-state index contributed by atoms with van der Waals surface area (Å²) in [7, 11) is 0. The molecule has 1 aliphatic rings. The van der Waals surface area contributed by atoms with Gasteiger partial charge in [-0.3, -0.25) is 0 Å². The van der Waals surface area contributed by atoms with Gasteiger partial charge in [0.15, 0.2) is 0 Å². The van der Waals surface area contributed by atoms with Crippen LogP contribution in [0.15, 0.2) is 91.0 Å². The van der Waals surface area contributed by atoms with Crippen molar-refractivity contribution in [3.05, 3.63) is 108 Å². The molecule has 0 atom stereocenters. The first-order valence-corrected chi connectivity index (χ1v) is 10.2. The van der Waals surface area contributed by atoms with Crippen molar-refractivity contribution in [3.8, 4) is 28.3 Å². The number of hydrogen-bond donors (Lipinski definition) is 1. The lowest BCUT2D eigenvalue weighted by Crippen LogP contribution is -2.14. The van der Waals surface area contributed by atoms with Gasteiger partial charge in [-0.1, -0.05) is 74.5 Å². The van der Waals surface area contributed by atoms with Crippen LogP contribution in [0.2, 0.25) is 0 Å². The van der Waals surface area contributed by atoms with Gasteiger partial charge in [-0.05, 0) is 58.1 Å². The van der Waals surface area contributed by atoms with Crippen molar-refractivity contribution in [1.29, 1.82) is 5.26 Å². The van der Waals surface area contributed by atoms with Gasteiger partial charge in [-0.15, -0.1) is 0 Å². The van der Waals surface area contributed by atoms with Gasteiger partial charge in [0.25, 0.3) is 0 Å². The summed E-state index contributed by atoms with van der Waals surface area (Å²) < 4.78 is 0. The Bertz CT molecular complexity index is 1310. The topological polar surface area (TPSA) is 35.8 Å². The second kappa shape index (κ2) is 6.90. The predicted octanol–water partition coefficient (Wildman–Crippen LogP) is 7.28. The van der Waals surface area contributed by atoms with E-state index in [2.05, 4.69) is 92.0 Å². The zero-order valence-electron chi connectivity index (χ0n) is 17.1. The first-order chi connectivity index (χ1) is 14.6. The molecule has 0 amide bonds. The van der Waals surface area contributed by atoms with Crippen LogP contribution in [0.25, 0.3) is 22.3 Å². The molecule has 0 saturated carbocycles. The Morgan fingerprint density at radius 3 is 2.27 bits per heavy atom. The van der Waals surface area contributed by atoms with E-state index in [1.165, 1.54) is 22.3 Å². The quantitative estimate of drug-likeness (QED) is 0.402. The van der Waals surface area contributed by atoms with E-state index >= 15 is 0 Å². The number of hydrogen-bond acceptors (Lipinski definition) is 2. The van der Waals surface area contributed by atoms with Crippen LogP contribution >= 0.6 is 0 Å². The first kappa shape index (κ1) is 18.2. The maximum absolute atomic E-state index is 9.21. The molecule has 5 rings (SSSR count). The fourth-order valence-corrected chi connectivity index (χ4v) is 4.56. The number of nitriles is 1. The number of benzene rings is 4. The molecule has 2 heteroatoms. The second-order valence-electron chi connectivity index (χ2n) is 8.30. The Balaban J connectivity index is 1.57. The van der Waals surface area contributed by atoms with Crippen molar-refractivity contribution in [1.82, 2.24) is 0 Å². The predicted molar refractivity (Wildman–Crippen MR) is 124 cm³/mol. The van der Waals surface area contributed by atoms with Crippen molar-refractivity contribution in [3.63, 3.8) is 0 Å². The number of anilines is 2. The largest absolute Gasteiger partial charge is 0.355 e. The molecule has 4 aromatic rings.